The van der Waals surface area contributed by atoms with Gasteiger partial charge in [0.05, 0.1) is 6.04 Å². The first-order valence-electron chi connectivity index (χ1n) is 9.40. The highest BCUT2D eigenvalue weighted by Crippen LogP contribution is 2.15. The second-order valence-corrected chi connectivity index (χ2v) is 7.61. The Morgan fingerprint density at radius 2 is 1.89 bits per heavy atom. The molecule has 0 unspecified atom stereocenters. The number of esters is 1. The molecule has 0 spiro atoms. The van der Waals surface area contributed by atoms with Gasteiger partial charge in [0.15, 0.2) is 0 Å². The van der Waals surface area contributed by atoms with Crippen LogP contribution in [0.4, 0.5) is 4.79 Å². The SMILES string of the molecule is CC(C)(C)OC(=O)N[C@@H]1C/C=C/CCC(=O)N[C@H](c2ccccc2)COC1=O. The van der Waals surface area contributed by atoms with Gasteiger partial charge in [-0.3, -0.25) is 4.79 Å². The molecule has 0 saturated heterocycles. The lowest BCUT2D eigenvalue weighted by molar-refractivity contribution is -0.147. The molecule has 1 aliphatic rings. The largest absolute Gasteiger partial charge is 0.462 e. The van der Waals surface area contributed by atoms with Crippen LogP contribution in [0.15, 0.2) is 42.5 Å². The van der Waals surface area contributed by atoms with Crippen LogP contribution in [0.3, 0.4) is 0 Å². The number of carbonyl (C=O) groups excluding carboxylic acids is 3. The summed E-state index contributed by atoms with van der Waals surface area (Å²) < 4.78 is 10.6. The van der Waals surface area contributed by atoms with Crippen LogP contribution in [0.1, 0.15) is 51.6 Å². The Labute approximate surface area is 165 Å². The van der Waals surface area contributed by atoms with Gasteiger partial charge in [-0.2, -0.15) is 0 Å². The van der Waals surface area contributed by atoms with Crippen LogP contribution < -0.4 is 10.6 Å². The van der Waals surface area contributed by atoms with Crippen molar-refractivity contribution in [3.63, 3.8) is 0 Å². The van der Waals surface area contributed by atoms with Gasteiger partial charge in [-0.15, -0.1) is 0 Å². The summed E-state index contributed by atoms with van der Waals surface area (Å²) >= 11 is 0. The maximum Gasteiger partial charge on any atom is 0.408 e. The van der Waals surface area contributed by atoms with Crippen LogP contribution in [-0.4, -0.2) is 36.2 Å². The number of hydrogen-bond acceptors (Lipinski definition) is 5. The van der Waals surface area contributed by atoms with Crippen molar-refractivity contribution in [2.75, 3.05) is 6.61 Å². The van der Waals surface area contributed by atoms with Gasteiger partial charge in [0.1, 0.15) is 18.2 Å². The number of alkyl carbamates (subject to hydrolysis) is 1. The molecule has 7 heteroatoms. The van der Waals surface area contributed by atoms with E-state index < -0.39 is 29.7 Å². The minimum atomic E-state index is -0.863. The summed E-state index contributed by atoms with van der Waals surface area (Å²) in [5, 5.41) is 5.46. The average molecular weight is 388 g/mol. The highest BCUT2D eigenvalue weighted by molar-refractivity contribution is 5.82. The summed E-state index contributed by atoms with van der Waals surface area (Å²) in [4.78, 5) is 36.8. The Morgan fingerprint density at radius 1 is 1.18 bits per heavy atom. The summed E-state index contributed by atoms with van der Waals surface area (Å²) in [6.07, 6.45) is 4.03. The molecule has 1 heterocycles. The molecule has 0 aromatic heterocycles. The lowest BCUT2D eigenvalue weighted by atomic mass is 10.1. The van der Waals surface area contributed by atoms with Gasteiger partial charge in [-0.25, -0.2) is 9.59 Å². The predicted octanol–water partition coefficient (Wildman–Crippen LogP) is 3.02. The minimum Gasteiger partial charge on any atom is -0.462 e. The first-order chi connectivity index (χ1) is 13.2. The molecular weight excluding hydrogens is 360 g/mol. The van der Waals surface area contributed by atoms with Crippen molar-refractivity contribution in [1.29, 1.82) is 0 Å². The van der Waals surface area contributed by atoms with Gasteiger partial charge in [0, 0.05) is 6.42 Å². The number of amides is 2. The van der Waals surface area contributed by atoms with Gasteiger partial charge in [0.2, 0.25) is 5.91 Å². The molecule has 0 saturated carbocycles. The van der Waals surface area contributed by atoms with E-state index in [1.807, 2.05) is 36.4 Å². The number of cyclic esters (lactones) is 1. The molecule has 1 aromatic rings. The van der Waals surface area contributed by atoms with E-state index in [1.54, 1.807) is 26.8 Å². The Hall–Kier alpha value is -2.83. The first kappa shape index (κ1) is 21.5. The third kappa shape index (κ3) is 7.42. The van der Waals surface area contributed by atoms with Crippen molar-refractivity contribution in [2.24, 2.45) is 0 Å². The van der Waals surface area contributed by atoms with E-state index in [9.17, 15) is 14.4 Å². The third-order valence-corrected chi connectivity index (χ3v) is 3.98. The molecule has 0 fully saturated rings. The standard InChI is InChI=1S/C21H28N2O5/c1-21(2,3)28-20(26)23-16-12-8-5-9-13-18(24)22-17(14-27-19(16)25)15-10-6-4-7-11-15/h4-8,10-11,16-17H,9,12-14H2,1-3H3,(H,22,24)(H,23,26)/b8-5+/t16-,17+/m1/s1. The van der Waals surface area contributed by atoms with Gasteiger partial charge in [0.25, 0.3) is 0 Å². The van der Waals surface area contributed by atoms with Crippen LogP contribution in [0, 0.1) is 0 Å². The Kier molecular flexibility index (Phi) is 7.61. The lowest BCUT2D eigenvalue weighted by Crippen LogP contribution is -2.44. The molecule has 1 aromatic carbocycles. The molecule has 2 N–H and O–H groups in total. The molecule has 0 aliphatic carbocycles. The van der Waals surface area contributed by atoms with E-state index in [0.29, 0.717) is 12.8 Å². The fourth-order valence-corrected chi connectivity index (χ4v) is 2.67. The number of nitrogens with one attached hydrogen (secondary N) is 2. The molecular formula is C21H28N2O5. The van der Waals surface area contributed by atoms with E-state index in [1.165, 1.54) is 0 Å². The zero-order valence-electron chi connectivity index (χ0n) is 16.6. The predicted molar refractivity (Wildman–Crippen MR) is 104 cm³/mol. The van der Waals surface area contributed by atoms with E-state index in [-0.39, 0.29) is 18.9 Å². The van der Waals surface area contributed by atoms with E-state index in [2.05, 4.69) is 10.6 Å². The highest BCUT2D eigenvalue weighted by Gasteiger charge is 2.26. The molecule has 152 valence electrons. The highest BCUT2D eigenvalue weighted by atomic mass is 16.6. The Morgan fingerprint density at radius 3 is 2.57 bits per heavy atom. The first-order valence-corrected chi connectivity index (χ1v) is 9.40. The van der Waals surface area contributed by atoms with Crippen LogP contribution in [0.25, 0.3) is 0 Å². The van der Waals surface area contributed by atoms with E-state index in [0.717, 1.165) is 5.56 Å². The number of carbonyl (C=O) groups is 3. The number of benzene rings is 1. The molecule has 0 bridgehead atoms. The van der Waals surface area contributed by atoms with Crippen LogP contribution in [0.5, 0.6) is 0 Å². The topological polar surface area (TPSA) is 93.7 Å². The van der Waals surface area contributed by atoms with Crippen molar-refractivity contribution in [2.45, 2.75) is 57.7 Å². The number of rotatable bonds is 2. The summed E-state index contributed by atoms with van der Waals surface area (Å²) in [6.45, 7) is 5.22. The van der Waals surface area contributed by atoms with Crippen molar-refractivity contribution in [3.05, 3.63) is 48.0 Å². The second-order valence-electron chi connectivity index (χ2n) is 7.61. The average Bonchev–Trinajstić information content (AvgIpc) is 2.62. The number of allylic oxidation sites excluding steroid dienone is 1. The van der Waals surface area contributed by atoms with E-state index >= 15 is 0 Å². The molecule has 1 aliphatic heterocycles. The zero-order valence-corrected chi connectivity index (χ0v) is 16.6. The maximum atomic E-state index is 12.6. The van der Waals surface area contributed by atoms with Crippen molar-refractivity contribution >= 4 is 18.0 Å². The minimum absolute atomic E-state index is 0.0230. The summed E-state index contributed by atoms with van der Waals surface area (Å²) in [7, 11) is 0. The molecule has 2 rings (SSSR count). The summed E-state index contributed by atoms with van der Waals surface area (Å²) in [5.41, 5.74) is 0.172. The molecule has 7 nitrogen and oxygen atoms in total. The smallest absolute Gasteiger partial charge is 0.408 e. The Balaban J connectivity index is 2.11. The summed E-state index contributed by atoms with van der Waals surface area (Å²) in [5.74, 6) is -0.690. The summed E-state index contributed by atoms with van der Waals surface area (Å²) in [6, 6.07) is 7.99. The lowest BCUT2D eigenvalue weighted by Gasteiger charge is -2.24. The molecule has 2 amide bonds. The van der Waals surface area contributed by atoms with Crippen LogP contribution in [0.2, 0.25) is 0 Å². The Bertz CT molecular complexity index is 709. The van der Waals surface area contributed by atoms with Gasteiger partial charge in [-0.1, -0.05) is 42.5 Å². The van der Waals surface area contributed by atoms with Crippen molar-refractivity contribution in [3.8, 4) is 0 Å². The van der Waals surface area contributed by atoms with Crippen molar-refractivity contribution in [1.82, 2.24) is 10.6 Å². The molecule has 0 radical (unpaired) electrons. The quantitative estimate of drug-likeness (QED) is 0.600. The number of hydrogen-bond donors (Lipinski definition) is 2. The van der Waals surface area contributed by atoms with Crippen molar-refractivity contribution < 1.29 is 23.9 Å². The van der Waals surface area contributed by atoms with Crippen LogP contribution in [-0.2, 0) is 19.1 Å². The fraction of sp³-hybridized carbons (Fsp3) is 0.476. The maximum absolute atomic E-state index is 12.6. The van der Waals surface area contributed by atoms with Gasteiger partial charge < -0.3 is 20.1 Å². The van der Waals surface area contributed by atoms with Gasteiger partial charge >= 0.3 is 12.1 Å². The second kappa shape index (κ2) is 9.92. The van der Waals surface area contributed by atoms with Gasteiger partial charge in [-0.05, 0) is 39.2 Å². The van der Waals surface area contributed by atoms with E-state index in [4.69, 9.17) is 9.47 Å². The molecule has 2 atom stereocenters. The zero-order chi connectivity index (χ0) is 20.6. The number of ether oxygens (including phenoxy) is 2. The third-order valence-electron chi connectivity index (χ3n) is 3.98. The molecule has 28 heavy (non-hydrogen) atoms. The normalized spacial score (nSPS) is 22.7. The monoisotopic (exact) mass is 388 g/mol. The fourth-order valence-electron chi connectivity index (χ4n) is 2.67. The van der Waals surface area contributed by atoms with Crippen LogP contribution >= 0.6 is 0 Å².